The molecule has 0 aliphatic carbocycles. The molecule has 1 aromatic rings. The summed E-state index contributed by atoms with van der Waals surface area (Å²) in [7, 11) is -3.60. The fraction of sp³-hybridized carbons (Fsp3) is 0.455. The van der Waals surface area contributed by atoms with Crippen molar-refractivity contribution in [2.75, 3.05) is 13.1 Å². The molecule has 1 aromatic carbocycles. The van der Waals surface area contributed by atoms with Crippen LogP contribution < -0.4 is 10.0 Å². The van der Waals surface area contributed by atoms with Crippen LogP contribution in [0.4, 0.5) is 4.39 Å². The van der Waals surface area contributed by atoms with Gasteiger partial charge in [-0.3, -0.25) is 0 Å². The molecule has 0 spiro atoms. The van der Waals surface area contributed by atoms with Crippen molar-refractivity contribution in [3.63, 3.8) is 0 Å². The molecule has 1 aliphatic heterocycles. The molecule has 1 atom stereocenters. The molecule has 0 amide bonds. The third-order valence-electron chi connectivity index (χ3n) is 2.87. The molecule has 2 N–H and O–H groups in total. The molecule has 100 valence electrons. The third-order valence-corrected chi connectivity index (χ3v) is 5.27. The minimum atomic E-state index is -3.60. The first-order valence-corrected chi connectivity index (χ1v) is 7.95. The van der Waals surface area contributed by atoms with Gasteiger partial charge in [-0.25, -0.2) is 17.5 Å². The Bertz CT molecular complexity index is 530. The van der Waals surface area contributed by atoms with Crippen LogP contribution in [0.3, 0.4) is 0 Å². The normalized spacial score (nSPS) is 20.2. The van der Waals surface area contributed by atoms with Gasteiger partial charge in [0.1, 0.15) is 5.82 Å². The lowest BCUT2D eigenvalue weighted by molar-refractivity contribution is 0.551. The van der Waals surface area contributed by atoms with E-state index in [1.54, 1.807) is 0 Å². The Hall–Kier alpha value is -0.500. The maximum absolute atomic E-state index is 12.9. The molecule has 1 aliphatic rings. The van der Waals surface area contributed by atoms with Gasteiger partial charge in [0.15, 0.2) is 0 Å². The van der Waals surface area contributed by atoms with Gasteiger partial charge in [-0.05, 0) is 53.5 Å². The van der Waals surface area contributed by atoms with Gasteiger partial charge in [-0.1, -0.05) is 0 Å². The quantitative estimate of drug-likeness (QED) is 0.878. The highest BCUT2D eigenvalue weighted by atomic mass is 79.9. The SMILES string of the molecule is O=S(=O)(NC[C@H]1CCCN1)c1ccc(F)cc1Br. The Morgan fingerprint density at radius 3 is 2.89 bits per heavy atom. The lowest BCUT2D eigenvalue weighted by Gasteiger charge is -2.12. The Kier molecular flexibility index (Phi) is 4.37. The minimum absolute atomic E-state index is 0.0573. The highest BCUT2D eigenvalue weighted by molar-refractivity contribution is 9.10. The Morgan fingerprint density at radius 2 is 2.28 bits per heavy atom. The summed E-state index contributed by atoms with van der Waals surface area (Å²) in [5.41, 5.74) is 0. The molecule has 1 fully saturated rings. The number of benzene rings is 1. The van der Waals surface area contributed by atoms with E-state index >= 15 is 0 Å². The van der Waals surface area contributed by atoms with E-state index in [0.29, 0.717) is 6.54 Å². The van der Waals surface area contributed by atoms with Gasteiger partial charge in [0.05, 0.1) is 4.90 Å². The van der Waals surface area contributed by atoms with Crippen LogP contribution in [-0.4, -0.2) is 27.5 Å². The van der Waals surface area contributed by atoms with Gasteiger partial charge >= 0.3 is 0 Å². The van der Waals surface area contributed by atoms with Crippen LogP contribution in [0.15, 0.2) is 27.6 Å². The van der Waals surface area contributed by atoms with E-state index in [4.69, 9.17) is 0 Å². The standard InChI is InChI=1S/C11H14BrFN2O2S/c12-10-6-8(13)3-4-11(10)18(16,17)15-7-9-2-1-5-14-9/h3-4,6,9,14-15H,1-2,5,7H2/t9-/m1/s1. The molecule has 1 saturated heterocycles. The Balaban J connectivity index is 2.09. The molecule has 0 bridgehead atoms. The van der Waals surface area contributed by atoms with E-state index < -0.39 is 15.8 Å². The predicted octanol–water partition coefficient (Wildman–Crippen LogP) is 1.62. The average Bonchev–Trinajstić information content (AvgIpc) is 2.78. The van der Waals surface area contributed by atoms with Gasteiger partial charge in [-0.2, -0.15) is 0 Å². The van der Waals surface area contributed by atoms with Gasteiger partial charge in [0.25, 0.3) is 0 Å². The van der Waals surface area contributed by atoms with Crippen molar-refractivity contribution in [1.82, 2.24) is 10.0 Å². The van der Waals surface area contributed by atoms with Crippen molar-refractivity contribution < 1.29 is 12.8 Å². The van der Waals surface area contributed by atoms with Crippen molar-refractivity contribution in [3.8, 4) is 0 Å². The van der Waals surface area contributed by atoms with Crippen molar-refractivity contribution in [2.24, 2.45) is 0 Å². The van der Waals surface area contributed by atoms with Crippen LogP contribution in [-0.2, 0) is 10.0 Å². The minimum Gasteiger partial charge on any atom is -0.313 e. The number of nitrogens with one attached hydrogen (secondary N) is 2. The number of hydrogen-bond acceptors (Lipinski definition) is 3. The molecule has 18 heavy (non-hydrogen) atoms. The molecule has 7 heteroatoms. The Morgan fingerprint density at radius 1 is 1.50 bits per heavy atom. The second-order valence-electron chi connectivity index (χ2n) is 4.22. The molecule has 0 unspecified atom stereocenters. The Labute approximate surface area is 114 Å². The van der Waals surface area contributed by atoms with Crippen LogP contribution in [0, 0.1) is 5.82 Å². The predicted molar refractivity (Wildman–Crippen MR) is 70.3 cm³/mol. The second-order valence-corrected chi connectivity index (χ2v) is 6.81. The lowest BCUT2D eigenvalue weighted by Crippen LogP contribution is -2.37. The molecule has 0 aromatic heterocycles. The van der Waals surface area contributed by atoms with E-state index in [2.05, 4.69) is 26.0 Å². The van der Waals surface area contributed by atoms with Crippen LogP contribution in [0.1, 0.15) is 12.8 Å². The van der Waals surface area contributed by atoms with Gasteiger partial charge in [-0.15, -0.1) is 0 Å². The van der Waals surface area contributed by atoms with Gasteiger partial charge in [0.2, 0.25) is 10.0 Å². The topological polar surface area (TPSA) is 58.2 Å². The number of sulfonamides is 1. The average molecular weight is 337 g/mol. The van der Waals surface area contributed by atoms with Gasteiger partial charge in [0, 0.05) is 17.1 Å². The number of hydrogen-bond donors (Lipinski definition) is 2. The van der Waals surface area contributed by atoms with Crippen molar-refractivity contribution in [2.45, 2.75) is 23.8 Å². The van der Waals surface area contributed by atoms with Crippen molar-refractivity contribution in [1.29, 1.82) is 0 Å². The summed E-state index contributed by atoms with van der Waals surface area (Å²) in [6.45, 7) is 1.28. The summed E-state index contributed by atoms with van der Waals surface area (Å²) in [6.07, 6.45) is 2.03. The molecule has 2 rings (SSSR count). The summed E-state index contributed by atoms with van der Waals surface area (Å²) in [5.74, 6) is -0.474. The first-order chi connectivity index (χ1) is 8.49. The smallest absolute Gasteiger partial charge is 0.241 e. The molecule has 4 nitrogen and oxygen atoms in total. The highest BCUT2D eigenvalue weighted by Crippen LogP contribution is 2.22. The van der Waals surface area contributed by atoms with Crippen LogP contribution >= 0.6 is 15.9 Å². The summed E-state index contributed by atoms with van der Waals surface area (Å²) in [5, 5.41) is 3.21. The zero-order valence-corrected chi connectivity index (χ0v) is 12.0. The maximum Gasteiger partial charge on any atom is 0.241 e. The maximum atomic E-state index is 12.9. The largest absolute Gasteiger partial charge is 0.313 e. The fourth-order valence-corrected chi connectivity index (χ4v) is 4.04. The first kappa shape index (κ1) is 13.9. The zero-order valence-electron chi connectivity index (χ0n) is 9.62. The van der Waals surface area contributed by atoms with Crippen LogP contribution in [0.5, 0.6) is 0 Å². The van der Waals surface area contributed by atoms with Crippen LogP contribution in [0.25, 0.3) is 0 Å². The van der Waals surface area contributed by atoms with Crippen molar-refractivity contribution >= 4 is 26.0 Å². The van der Waals surface area contributed by atoms with E-state index in [-0.39, 0.29) is 15.4 Å². The van der Waals surface area contributed by atoms with E-state index in [9.17, 15) is 12.8 Å². The number of rotatable bonds is 4. The first-order valence-electron chi connectivity index (χ1n) is 5.67. The molecule has 0 radical (unpaired) electrons. The lowest BCUT2D eigenvalue weighted by atomic mass is 10.2. The van der Waals surface area contributed by atoms with E-state index in [1.807, 2.05) is 0 Å². The zero-order chi connectivity index (χ0) is 13.2. The molecule has 1 heterocycles. The number of halogens is 2. The monoisotopic (exact) mass is 336 g/mol. The molecular formula is C11H14BrFN2O2S. The summed E-state index contributed by atoms with van der Waals surface area (Å²) >= 11 is 3.06. The van der Waals surface area contributed by atoms with Gasteiger partial charge < -0.3 is 5.32 Å². The molecular weight excluding hydrogens is 323 g/mol. The van der Waals surface area contributed by atoms with E-state index in [0.717, 1.165) is 31.5 Å². The summed E-state index contributed by atoms with van der Waals surface area (Å²) in [4.78, 5) is 0.0573. The fourth-order valence-electron chi connectivity index (χ4n) is 1.91. The highest BCUT2D eigenvalue weighted by Gasteiger charge is 2.21. The van der Waals surface area contributed by atoms with Crippen LogP contribution in [0.2, 0.25) is 0 Å². The third kappa shape index (κ3) is 3.28. The second kappa shape index (κ2) is 5.64. The van der Waals surface area contributed by atoms with Crippen molar-refractivity contribution in [3.05, 3.63) is 28.5 Å². The summed E-state index contributed by atoms with van der Waals surface area (Å²) < 4.78 is 39.7. The van der Waals surface area contributed by atoms with E-state index in [1.165, 1.54) is 6.07 Å². The summed E-state index contributed by atoms with van der Waals surface area (Å²) in [6, 6.07) is 3.71. The molecule has 0 saturated carbocycles.